The topological polar surface area (TPSA) is 113 Å². The Labute approximate surface area is 227 Å². The number of carbonyl (C=O) groups excluding carboxylic acids is 3. The summed E-state index contributed by atoms with van der Waals surface area (Å²) in [5.74, 6) is -1.87. The Morgan fingerprint density at radius 2 is 1.74 bits per heavy atom. The number of hydrogen-bond acceptors (Lipinski definition) is 7. The van der Waals surface area contributed by atoms with Gasteiger partial charge in [-0.05, 0) is 85.0 Å². The SMILES string of the molecule is CCOC(=O)c1ccc(N2C(=O)C(=O)/C(=C(/O)c3cc(C(C)C)c(OC)cc3C)C2c2cccc(O)c2)cc1. The first kappa shape index (κ1) is 27.4. The molecule has 202 valence electrons. The van der Waals surface area contributed by atoms with Crippen LogP contribution >= 0.6 is 0 Å². The maximum absolute atomic E-state index is 13.5. The minimum absolute atomic E-state index is 0.0570. The number of nitrogens with zero attached hydrogens (tertiary/aromatic N) is 1. The van der Waals surface area contributed by atoms with E-state index in [9.17, 15) is 24.6 Å². The smallest absolute Gasteiger partial charge is 0.338 e. The fourth-order valence-electron chi connectivity index (χ4n) is 4.81. The lowest BCUT2D eigenvalue weighted by atomic mass is 9.91. The predicted octanol–water partition coefficient (Wildman–Crippen LogP) is 5.64. The van der Waals surface area contributed by atoms with Crippen LogP contribution in [0.1, 0.15) is 65.3 Å². The van der Waals surface area contributed by atoms with Crippen LogP contribution in [-0.2, 0) is 14.3 Å². The molecule has 1 aliphatic heterocycles. The monoisotopic (exact) mass is 529 g/mol. The van der Waals surface area contributed by atoms with Crippen molar-refractivity contribution in [3.63, 3.8) is 0 Å². The third kappa shape index (κ3) is 5.10. The first-order valence-electron chi connectivity index (χ1n) is 12.6. The normalized spacial score (nSPS) is 16.6. The number of methoxy groups -OCH3 is 1. The van der Waals surface area contributed by atoms with Crippen molar-refractivity contribution in [2.75, 3.05) is 18.6 Å². The van der Waals surface area contributed by atoms with Gasteiger partial charge in [-0.25, -0.2) is 4.79 Å². The molecule has 1 aliphatic rings. The number of esters is 1. The van der Waals surface area contributed by atoms with Crippen molar-refractivity contribution in [2.45, 2.75) is 39.7 Å². The summed E-state index contributed by atoms with van der Waals surface area (Å²) in [5, 5.41) is 21.8. The third-order valence-electron chi connectivity index (χ3n) is 6.74. The molecule has 1 amide bonds. The number of aryl methyl sites for hydroxylation is 1. The van der Waals surface area contributed by atoms with Gasteiger partial charge in [0.25, 0.3) is 11.7 Å². The van der Waals surface area contributed by atoms with Gasteiger partial charge in [0.15, 0.2) is 0 Å². The summed E-state index contributed by atoms with van der Waals surface area (Å²) in [5.41, 5.74) is 2.85. The minimum atomic E-state index is -1.03. The molecule has 1 unspecified atom stereocenters. The van der Waals surface area contributed by atoms with Crippen LogP contribution in [0.25, 0.3) is 5.76 Å². The number of amides is 1. The third-order valence-corrected chi connectivity index (χ3v) is 6.74. The van der Waals surface area contributed by atoms with E-state index in [-0.39, 0.29) is 29.6 Å². The van der Waals surface area contributed by atoms with E-state index < -0.39 is 23.7 Å². The van der Waals surface area contributed by atoms with Crippen molar-refractivity contribution in [3.05, 3.63) is 94.1 Å². The Hall–Kier alpha value is -4.59. The fourth-order valence-corrected chi connectivity index (χ4v) is 4.81. The van der Waals surface area contributed by atoms with Gasteiger partial charge in [0.2, 0.25) is 0 Å². The van der Waals surface area contributed by atoms with E-state index in [1.165, 1.54) is 29.2 Å². The molecule has 3 aromatic carbocycles. The van der Waals surface area contributed by atoms with Gasteiger partial charge in [-0.15, -0.1) is 0 Å². The number of anilines is 1. The van der Waals surface area contributed by atoms with E-state index in [2.05, 4.69) is 0 Å². The van der Waals surface area contributed by atoms with Crippen LogP contribution in [0.5, 0.6) is 11.5 Å². The number of ether oxygens (including phenoxy) is 2. The maximum atomic E-state index is 13.5. The number of rotatable bonds is 7. The van der Waals surface area contributed by atoms with Gasteiger partial charge in [0.1, 0.15) is 17.3 Å². The molecule has 39 heavy (non-hydrogen) atoms. The van der Waals surface area contributed by atoms with Crippen molar-refractivity contribution in [1.82, 2.24) is 0 Å². The van der Waals surface area contributed by atoms with Gasteiger partial charge in [-0.2, -0.15) is 0 Å². The van der Waals surface area contributed by atoms with Crippen molar-refractivity contribution < 1.29 is 34.1 Å². The number of aliphatic hydroxyl groups excluding tert-OH is 1. The van der Waals surface area contributed by atoms with Gasteiger partial charge >= 0.3 is 5.97 Å². The standard InChI is InChI=1S/C31H31NO7/c1-6-39-31(37)19-10-12-21(13-11-19)32-27(20-8-7-9-22(33)15-20)26(29(35)30(32)36)28(34)24-16-23(17(2)3)25(38-5)14-18(24)4/h7-17,27,33-34H,6H2,1-5H3/b28-26+. The molecule has 0 radical (unpaired) electrons. The Morgan fingerprint density at radius 3 is 2.33 bits per heavy atom. The second-order valence-corrected chi connectivity index (χ2v) is 9.60. The van der Waals surface area contributed by atoms with Gasteiger partial charge in [-0.1, -0.05) is 26.0 Å². The van der Waals surface area contributed by atoms with E-state index >= 15 is 0 Å². The number of aliphatic hydroxyl groups is 1. The zero-order valence-electron chi connectivity index (χ0n) is 22.5. The lowest BCUT2D eigenvalue weighted by molar-refractivity contribution is -0.132. The summed E-state index contributed by atoms with van der Waals surface area (Å²) in [6.45, 7) is 7.69. The number of phenols is 1. The average Bonchev–Trinajstić information content (AvgIpc) is 3.18. The first-order chi connectivity index (χ1) is 18.6. The fraction of sp³-hybridized carbons (Fsp3) is 0.258. The Bertz CT molecular complexity index is 1470. The van der Waals surface area contributed by atoms with E-state index in [0.717, 1.165) is 5.56 Å². The molecule has 8 heteroatoms. The summed E-state index contributed by atoms with van der Waals surface area (Å²) in [4.78, 5) is 40.4. The van der Waals surface area contributed by atoms with Gasteiger partial charge in [0.05, 0.1) is 30.9 Å². The average molecular weight is 530 g/mol. The molecule has 3 aromatic rings. The van der Waals surface area contributed by atoms with Crippen molar-refractivity contribution in [2.24, 2.45) is 0 Å². The van der Waals surface area contributed by atoms with Crippen LogP contribution in [-0.4, -0.2) is 41.6 Å². The lowest BCUT2D eigenvalue weighted by Crippen LogP contribution is -2.29. The molecule has 1 atom stereocenters. The minimum Gasteiger partial charge on any atom is -0.508 e. The molecule has 1 saturated heterocycles. The Balaban J connectivity index is 1.93. The van der Waals surface area contributed by atoms with Gasteiger partial charge in [0, 0.05) is 11.3 Å². The van der Waals surface area contributed by atoms with Crippen LogP contribution in [0.2, 0.25) is 0 Å². The van der Waals surface area contributed by atoms with Crippen LogP contribution in [0.3, 0.4) is 0 Å². The molecule has 1 heterocycles. The number of Topliss-reactive ketones (excluding diaryl/α,β-unsaturated/α-hetero) is 1. The second kappa shape index (κ2) is 11.0. The van der Waals surface area contributed by atoms with Crippen LogP contribution in [0.4, 0.5) is 5.69 Å². The van der Waals surface area contributed by atoms with Crippen LogP contribution < -0.4 is 9.64 Å². The zero-order chi connectivity index (χ0) is 28.4. The molecule has 0 bridgehead atoms. The summed E-state index contributed by atoms with van der Waals surface area (Å²) in [6, 6.07) is 14.8. The number of carbonyl (C=O) groups is 3. The molecule has 2 N–H and O–H groups in total. The molecule has 4 rings (SSSR count). The number of hydrogen-bond donors (Lipinski definition) is 2. The van der Waals surface area contributed by atoms with Gasteiger partial charge in [-0.3, -0.25) is 14.5 Å². The molecule has 0 aliphatic carbocycles. The maximum Gasteiger partial charge on any atom is 0.338 e. The molecule has 8 nitrogen and oxygen atoms in total. The molecule has 0 saturated carbocycles. The highest BCUT2D eigenvalue weighted by atomic mass is 16.5. The summed E-state index contributed by atoms with van der Waals surface area (Å²) in [6.07, 6.45) is 0. The predicted molar refractivity (Wildman–Crippen MR) is 147 cm³/mol. The lowest BCUT2D eigenvalue weighted by Gasteiger charge is -2.26. The number of ketones is 1. The van der Waals surface area contributed by atoms with Gasteiger partial charge < -0.3 is 19.7 Å². The van der Waals surface area contributed by atoms with Crippen molar-refractivity contribution in [3.8, 4) is 11.5 Å². The first-order valence-corrected chi connectivity index (χ1v) is 12.6. The molecule has 0 aromatic heterocycles. The highest BCUT2D eigenvalue weighted by Gasteiger charge is 2.47. The molecule has 0 spiro atoms. The number of aromatic hydroxyl groups is 1. The van der Waals surface area contributed by atoms with Crippen molar-refractivity contribution >= 4 is 29.1 Å². The summed E-state index contributed by atoms with van der Waals surface area (Å²) in [7, 11) is 1.57. The highest BCUT2D eigenvalue weighted by molar-refractivity contribution is 6.51. The highest BCUT2D eigenvalue weighted by Crippen LogP contribution is 2.44. The van der Waals surface area contributed by atoms with Crippen molar-refractivity contribution in [1.29, 1.82) is 0 Å². The molecular weight excluding hydrogens is 498 g/mol. The van der Waals surface area contributed by atoms with E-state index in [1.807, 2.05) is 13.8 Å². The second-order valence-electron chi connectivity index (χ2n) is 9.60. The molecule has 1 fully saturated rings. The van der Waals surface area contributed by atoms with Crippen LogP contribution in [0.15, 0.2) is 66.2 Å². The summed E-state index contributed by atoms with van der Waals surface area (Å²) >= 11 is 0. The van der Waals surface area contributed by atoms with Crippen LogP contribution in [0, 0.1) is 6.92 Å². The quantitative estimate of drug-likeness (QED) is 0.176. The molecular formula is C31H31NO7. The van der Waals surface area contributed by atoms with E-state index in [0.29, 0.717) is 33.7 Å². The van der Waals surface area contributed by atoms with E-state index in [1.54, 1.807) is 57.4 Å². The zero-order valence-corrected chi connectivity index (χ0v) is 22.5. The van der Waals surface area contributed by atoms with E-state index in [4.69, 9.17) is 9.47 Å². The summed E-state index contributed by atoms with van der Waals surface area (Å²) < 4.78 is 10.6. The Morgan fingerprint density at radius 1 is 1.05 bits per heavy atom. The number of benzene rings is 3. The Kier molecular flexibility index (Phi) is 7.76. The largest absolute Gasteiger partial charge is 0.508 e. The number of phenolic OH excluding ortho intramolecular Hbond substituents is 1.